The predicted molar refractivity (Wildman–Crippen MR) is 152 cm³/mol. The van der Waals surface area contributed by atoms with Crippen LogP contribution >= 0.6 is 0 Å². The van der Waals surface area contributed by atoms with Crippen LogP contribution in [0, 0.1) is 18.6 Å². The summed E-state index contributed by atoms with van der Waals surface area (Å²) in [4.78, 5) is 29.7. The summed E-state index contributed by atoms with van der Waals surface area (Å²) in [5.41, 5.74) is 3.80. The molecule has 1 N–H and O–H groups in total. The average Bonchev–Trinajstić information content (AvgIpc) is 3.35. The van der Waals surface area contributed by atoms with Gasteiger partial charge in [-0.1, -0.05) is 6.07 Å². The van der Waals surface area contributed by atoms with Gasteiger partial charge in [0.15, 0.2) is 0 Å². The third-order valence-electron chi connectivity index (χ3n) is 7.20. The van der Waals surface area contributed by atoms with Gasteiger partial charge < -0.3 is 29.2 Å². The topological polar surface area (TPSA) is 76.0 Å². The van der Waals surface area contributed by atoms with E-state index in [0.717, 1.165) is 34.5 Å². The van der Waals surface area contributed by atoms with Gasteiger partial charge in [-0.15, -0.1) is 0 Å². The number of rotatable bonds is 6. The van der Waals surface area contributed by atoms with Crippen molar-refractivity contribution in [2.45, 2.75) is 6.92 Å². The normalized spacial score (nSPS) is 13.2. The first-order valence-electron chi connectivity index (χ1n) is 13.1. The van der Waals surface area contributed by atoms with Crippen molar-refractivity contribution in [2.75, 3.05) is 45.7 Å². The van der Waals surface area contributed by atoms with Crippen LogP contribution in [0.4, 0.5) is 19.3 Å². The van der Waals surface area contributed by atoms with Crippen LogP contribution in [-0.2, 0) is 0 Å². The van der Waals surface area contributed by atoms with Crippen LogP contribution in [-0.4, -0.2) is 66.7 Å². The summed E-state index contributed by atoms with van der Waals surface area (Å²) in [6.45, 7) is 3.04. The van der Waals surface area contributed by atoms with Crippen molar-refractivity contribution in [3.63, 3.8) is 0 Å². The molecule has 0 atom stereocenters. The molecule has 8 nitrogen and oxygen atoms in total. The minimum atomic E-state index is -0.851. The molecule has 1 aromatic heterocycles. The first kappa shape index (κ1) is 27.7. The van der Waals surface area contributed by atoms with E-state index in [9.17, 15) is 18.4 Å². The Morgan fingerprint density at radius 3 is 2.15 bits per heavy atom. The number of anilines is 1. The van der Waals surface area contributed by atoms with Crippen LogP contribution in [0.2, 0.25) is 0 Å². The molecule has 212 valence electrons. The lowest BCUT2D eigenvalue weighted by atomic mass is 10.1. The summed E-state index contributed by atoms with van der Waals surface area (Å²) in [5, 5.41) is 2.48. The van der Waals surface area contributed by atoms with Crippen molar-refractivity contribution in [2.24, 2.45) is 0 Å². The van der Waals surface area contributed by atoms with Gasteiger partial charge in [0.1, 0.15) is 23.1 Å². The van der Waals surface area contributed by atoms with Gasteiger partial charge in [-0.2, -0.15) is 0 Å². The van der Waals surface area contributed by atoms with Crippen molar-refractivity contribution >= 4 is 17.6 Å². The molecule has 41 heavy (non-hydrogen) atoms. The molecule has 2 heterocycles. The Morgan fingerprint density at radius 1 is 0.805 bits per heavy atom. The third-order valence-corrected chi connectivity index (χ3v) is 7.20. The van der Waals surface area contributed by atoms with Crippen LogP contribution in [0.15, 0.2) is 72.8 Å². The van der Waals surface area contributed by atoms with Crippen LogP contribution in [0.1, 0.15) is 16.1 Å². The molecular formula is C31H30F2N4O4. The van der Waals surface area contributed by atoms with Crippen molar-refractivity contribution < 1.29 is 27.8 Å². The molecule has 0 saturated carbocycles. The molecule has 3 aromatic carbocycles. The predicted octanol–water partition coefficient (Wildman–Crippen LogP) is 5.74. The highest BCUT2D eigenvalue weighted by molar-refractivity contribution is 5.98. The fourth-order valence-electron chi connectivity index (χ4n) is 4.95. The smallest absolute Gasteiger partial charge is 0.322 e. The highest BCUT2D eigenvalue weighted by atomic mass is 19.1. The Morgan fingerprint density at radius 2 is 1.49 bits per heavy atom. The zero-order chi connectivity index (χ0) is 29.1. The summed E-state index contributed by atoms with van der Waals surface area (Å²) < 4.78 is 40.0. The maximum atomic E-state index is 14.0. The molecule has 1 fully saturated rings. The second-order valence-corrected chi connectivity index (χ2v) is 9.63. The van der Waals surface area contributed by atoms with Gasteiger partial charge in [0.25, 0.3) is 5.91 Å². The Kier molecular flexibility index (Phi) is 7.91. The van der Waals surface area contributed by atoms with Gasteiger partial charge in [0, 0.05) is 49.7 Å². The van der Waals surface area contributed by atoms with E-state index >= 15 is 0 Å². The average molecular weight is 561 g/mol. The first-order valence-corrected chi connectivity index (χ1v) is 13.1. The quantitative estimate of drug-likeness (QED) is 0.327. The second-order valence-electron chi connectivity index (χ2n) is 9.63. The number of urea groups is 1. The maximum Gasteiger partial charge on any atom is 0.322 e. The lowest BCUT2D eigenvalue weighted by Crippen LogP contribution is -2.51. The van der Waals surface area contributed by atoms with E-state index in [1.807, 2.05) is 66.1 Å². The Balaban J connectivity index is 1.38. The van der Waals surface area contributed by atoms with Crippen molar-refractivity contribution in [3.05, 3.63) is 95.7 Å². The van der Waals surface area contributed by atoms with E-state index in [-0.39, 0.29) is 24.7 Å². The van der Waals surface area contributed by atoms with Gasteiger partial charge in [-0.05, 0) is 67.1 Å². The number of halogens is 2. The van der Waals surface area contributed by atoms with Gasteiger partial charge in [-0.3, -0.25) is 4.79 Å². The molecule has 4 aromatic rings. The summed E-state index contributed by atoms with van der Waals surface area (Å²) in [6.07, 6.45) is 0. The van der Waals surface area contributed by atoms with E-state index in [2.05, 4.69) is 5.32 Å². The largest absolute Gasteiger partial charge is 0.497 e. The Hall–Kier alpha value is -4.86. The van der Waals surface area contributed by atoms with E-state index in [4.69, 9.17) is 9.47 Å². The highest BCUT2D eigenvalue weighted by Crippen LogP contribution is 2.32. The fraction of sp³-hybridized carbons (Fsp3) is 0.226. The monoisotopic (exact) mass is 560 g/mol. The SMILES string of the molecule is COc1ccc(-c2cc(C(=O)N3CCN(C(=O)Nc4ccc(F)cc4F)CC3)c(C)n2-c2cccc(OC)c2)cc1. The van der Waals surface area contributed by atoms with Gasteiger partial charge in [-0.25, -0.2) is 13.6 Å². The van der Waals surface area contributed by atoms with Crippen LogP contribution < -0.4 is 14.8 Å². The Bertz CT molecular complexity index is 1580. The molecule has 0 bridgehead atoms. The van der Waals surface area contributed by atoms with E-state index < -0.39 is 17.7 Å². The molecule has 1 aliphatic rings. The second kappa shape index (κ2) is 11.7. The van der Waals surface area contributed by atoms with E-state index in [1.54, 1.807) is 19.1 Å². The Labute approximate surface area is 236 Å². The third kappa shape index (κ3) is 5.72. The van der Waals surface area contributed by atoms with Crippen molar-refractivity contribution in [3.8, 4) is 28.4 Å². The maximum absolute atomic E-state index is 14.0. The summed E-state index contributed by atoms with van der Waals surface area (Å²) in [7, 11) is 3.22. The number of carbonyl (C=O) groups is 2. The number of piperazine rings is 1. The number of ether oxygens (including phenoxy) is 2. The number of methoxy groups -OCH3 is 2. The van der Waals surface area contributed by atoms with Crippen LogP contribution in [0.5, 0.6) is 11.5 Å². The highest BCUT2D eigenvalue weighted by Gasteiger charge is 2.28. The molecular weight excluding hydrogens is 530 g/mol. The number of aromatic nitrogens is 1. The molecule has 1 saturated heterocycles. The molecule has 0 aliphatic carbocycles. The molecule has 3 amide bonds. The van der Waals surface area contributed by atoms with Crippen LogP contribution in [0.3, 0.4) is 0 Å². The zero-order valence-electron chi connectivity index (χ0n) is 23.0. The summed E-state index contributed by atoms with van der Waals surface area (Å²) in [6, 6.07) is 19.6. The lowest BCUT2D eigenvalue weighted by molar-refractivity contribution is 0.0671. The van der Waals surface area contributed by atoms with Gasteiger partial charge >= 0.3 is 6.03 Å². The minimum Gasteiger partial charge on any atom is -0.497 e. The summed E-state index contributed by atoms with van der Waals surface area (Å²) >= 11 is 0. The lowest BCUT2D eigenvalue weighted by Gasteiger charge is -2.34. The molecule has 10 heteroatoms. The van der Waals surface area contributed by atoms with Gasteiger partial charge in [0.2, 0.25) is 0 Å². The molecule has 1 aliphatic heterocycles. The molecule has 0 radical (unpaired) electrons. The minimum absolute atomic E-state index is 0.101. The number of nitrogens with zero attached hydrogens (tertiary/aromatic N) is 3. The number of hydrogen-bond acceptors (Lipinski definition) is 4. The number of amides is 3. The summed E-state index contributed by atoms with van der Waals surface area (Å²) in [5.74, 6) is -0.304. The van der Waals surface area contributed by atoms with Crippen molar-refractivity contribution in [1.82, 2.24) is 14.4 Å². The first-order chi connectivity index (χ1) is 19.8. The number of benzene rings is 3. The zero-order valence-corrected chi connectivity index (χ0v) is 23.0. The fourth-order valence-corrected chi connectivity index (χ4v) is 4.95. The number of nitrogens with one attached hydrogen (secondary N) is 1. The van der Waals surface area contributed by atoms with Gasteiger partial charge in [0.05, 0.1) is 31.2 Å². The number of hydrogen-bond donors (Lipinski definition) is 1. The van der Waals surface area contributed by atoms with E-state index in [0.29, 0.717) is 30.5 Å². The van der Waals surface area contributed by atoms with Crippen molar-refractivity contribution in [1.29, 1.82) is 0 Å². The standard InChI is InChI=1S/C31H30F2N4O4/c1-20-26(30(38)35-13-15-36(16-14-35)31(39)34-28-12-9-22(32)17-27(28)33)19-29(21-7-10-24(40-2)11-8-21)37(20)23-5-4-6-25(18-23)41-3/h4-12,17-19H,13-16H2,1-3H3,(H,34,39). The molecule has 5 rings (SSSR count). The molecule has 0 unspecified atom stereocenters. The van der Waals surface area contributed by atoms with E-state index in [1.165, 1.54) is 11.0 Å². The molecule has 0 spiro atoms. The number of carbonyl (C=O) groups excluding carboxylic acids is 2. The van der Waals surface area contributed by atoms with Crippen LogP contribution in [0.25, 0.3) is 16.9 Å².